The largest absolute Gasteiger partial charge is 0.481 e. The van der Waals surface area contributed by atoms with Crippen LogP contribution in [0.15, 0.2) is 12.4 Å². The van der Waals surface area contributed by atoms with Crippen molar-refractivity contribution in [1.29, 1.82) is 0 Å². The van der Waals surface area contributed by atoms with Crippen LogP contribution >= 0.6 is 0 Å². The molecule has 1 saturated carbocycles. The number of urea groups is 1. The van der Waals surface area contributed by atoms with Gasteiger partial charge in [-0.15, -0.1) is 0 Å². The highest BCUT2D eigenvalue weighted by Crippen LogP contribution is 2.29. The maximum absolute atomic E-state index is 12.6. The number of hydrogen-bond donors (Lipinski definition) is 3. The second-order valence-corrected chi connectivity index (χ2v) is 6.52. The van der Waals surface area contributed by atoms with Crippen molar-refractivity contribution in [2.45, 2.75) is 57.0 Å². The number of likely N-dealkylation sites (tertiary alicyclic amines) is 1. The minimum atomic E-state index is -0.719. The van der Waals surface area contributed by atoms with Gasteiger partial charge in [0.2, 0.25) is 0 Å². The Morgan fingerprint density at radius 3 is 2.65 bits per heavy atom. The number of nitrogens with one attached hydrogen (secondary N) is 2. The SMILES string of the molecule is O=C(O)C1CCC(NC(=O)N2CCCC[C@@H]2c2ncc[nH]2)CC1. The first-order valence-corrected chi connectivity index (χ1v) is 8.44. The lowest BCUT2D eigenvalue weighted by Crippen LogP contribution is -2.49. The summed E-state index contributed by atoms with van der Waals surface area (Å²) in [5.74, 6) is -0.132. The highest BCUT2D eigenvalue weighted by atomic mass is 16.4. The molecule has 1 aromatic rings. The summed E-state index contributed by atoms with van der Waals surface area (Å²) < 4.78 is 0. The first-order valence-electron chi connectivity index (χ1n) is 8.44. The van der Waals surface area contributed by atoms with Gasteiger partial charge in [-0.2, -0.15) is 0 Å². The van der Waals surface area contributed by atoms with Crippen LogP contribution in [0.3, 0.4) is 0 Å². The summed E-state index contributed by atoms with van der Waals surface area (Å²) in [4.78, 5) is 32.9. The van der Waals surface area contributed by atoms with Crippen molar-refractivity contribution in [2.75, 3.05) is 6.54 Å². The smallest absolute Gasteiger partial charge is 0.318 e. The van der Waals surface area contributed by atoms with Crippen LogP contribution in [0.1, 0.15) is 56.8 Å². The Morgan fingerprint density at radius 1 is 1.22 bits per heavy atom. The number of aliphatic carboxylic acids is 1. The fourth-order valence-corrected chi connectivity index (χ4v) is 3.66. The second kappa shape index (κ2) is 7.02. The molecule has 1 saturated heterocycles. The van der Waals surface area contributed by atoms with Crippen LogP contribution < -0.4 is 5.32 Å². The zero-order chi connectivity index (χ0) is 16.2. The number of aromatic amines is 1. The maximum Gasteiger partial charge on any atom is 0.318 e. The number of piperidine rings is 1. The van der Waals surface area contributed by atoms with Crippen LogP contribution in [-0.4, -0.2) is 44.6 Å². The Hall–Kier alpha value is -2.05. The van der Waals surface area contributed by atoms with E-state index in [2.05, 4.69) is 15.3 Å². The van der Waals surface area contributed by atoms with E-state index >= 15 is 0 Å². The molecule has 1 aromatic heterocycles. The zero-order valence-electron chi connectivity index (χ0n) is 13.2. The third-order valence-electron chi connectivity index (χ3n) is 5.00. The molecule has 2 aliphatic rings. The monoisotopic (exact) mass is 320 g/mol. The van der Waals surface area contributed by atoms with Gasteiger partial charge in [-0.05, 0) is 44.9 Å². The fraction of sp³-hybridized carbons (Fsp3) is 0.688. The minimum absolute atomic E-state index is 0.00843. The lowest BCUT2D eigenvalue weighted by atomic mass is 9.86. The quantitative estimate of drug-likeness (QED) is 0.795. The van der Waals surface area contributed by atoms with Gasteiger partial charge in [0.15, 0.2) is 0 Å². The van der Waals surface area contributed by atoms with Gasteiger partial charge in [-0.1, -0.05) is 0 Å². The summed E-state index contributed by atoms with van der Waals surface area (Å²) >= 11 is 0. The molecule has 2 amide bonds. The average molecular weight is 320 g/mol. The normalized spacial score (nSPS) is 28.3. The molecule has 1 aliphatic carbocycles. The molecule has 2 heterocycles. The van der Waals surface area contributed by atoms with Crippen molar-refractivity contribution in [3.05, 3.63) is 18.2 Å². The number of H-pyrrole nitrogens is 1. The summed E-state index contributed by atoms with van der Waals surface area (Å²) in [5.41, 5.74) is 0. The molecule has 7 heteroatoms. The minimum Gasteiger partial charge on any atom is -0.481 e. The lowest BCUT2D eigenvalue weighted by Gasteiger charge is -2.36. The number of imidazole rings is 1. The molecule has 126 valence electrons. The van der Waals surface area contributed by atoms with E-state index in [-0.39, 0.29) is 24.0 Å². The van der Waals surface area contributed by atoms with Crippen LogP contribution in [0.4, 0.5) is 4.79 Å². The Morgan fingerprint density at radius 2 is 2.00 bits per heavy atom. The van der Waals surface area contributed by atoms with Crippen molar-refractivity contribution in [1.82, 2.24) is 20.2 Å². The molecule has 3 N–H and O–H groups in total. The van der Waals surface area contributed by atoms with Crippen LogP contribution in [0.25, 0.3) is 0 Å². The molecule has 0 bridgehead atoms. The van der Waals surface area contributed by atoms with Gasteiger partial charge >= 0.3 is 12.0 Å². The number of hydrogen-bond acceptors (Lipinski definition) is 3. The Balaban J connectivity index is 1.57. The van der Waals surface area contributed by atoms with Gasteiger partial charge in [0.05, 0.1) is 12.0 Å². The van der Waals surface area contributed by atoms with Gasteiger partial charge in [0, 0.05) is 25.0 Å². The van der Waals surface area contributed by atoms with E-state index in [4.69, 9.17) is 5.11 Å². The molecule has 23 heavy (non-hydrogen) atoms. The number of aromatic nitrogens is 2. The molecule has 1 atom stereocenters. The van der Waals surface area contributed by atoms with Crippen molar-refractivity contribution in [3.8, 4) is 0 Å². The molecule has 0 radical (unpaired) electrons. The highest BCUT2D eigenvalue weighted by Gasteiger charge is 2.32. The van der Waals surface area contributed by atoms with E-state index in [0.29, 0.717) is 12.8 Å². The van der Waals surface area contributed by atoms with Gasteiger partial charge in [-0.25, -0.2) is 9.78 Å². The van der Waals surface area contributed by atoms with Crippen molar-refractivity contribution in [3.63, 3.8) is 0 Å². The summed E-state index contributed by atoms with van der Waals surface area (Å²) in [6, 6.07) is 0.0382. The van der Waals surface area contributed by atoms with E-state index < -0.39 is 5.97 Å². The second-order valence-electron chi connectivity index (χ2n) is 6.52. The maximum atomic E-state index is 12.6. The summed E-state index contributed by atoms with van der Waals surface area (Å²) in [5, 5.41) is 12.1. The van der Waals surface area contributed by atoms with E-state index in [1.165, 1.54) is 0 Å². The van der Waals surface area contributed by atoms with Crippen LogP contribution in [-0.2, 0) is 4.79 Å². The Kier molecular flexibility index (Phi) is 4.83. The molecular formula is C16H24N4O3. The number of rotatable bonds is 3. The number of carboxylic acids is 1. The molecular weight excluding hydrogens is 296 g/mol. The van der Waals surface area contributed by atoms with Gasteiger partial charge in [0.25, 0.3) is 0 Å². The first-order chi connectivity index (χ1) is 11.1. The molecule has 1 aliphatic heterocycles. The lowest BCUT2D eigenvalue weighted by molar-refractivity contribution is -0.142. The predicted molar refractivity (Wildman–Crippen MR) is 83.8 cm³/mol. The van der Waals surface area contributed by atoms with Crippen molar-refractivity contribution < 1.29 is 14.7 Å². The van der Waals surface area contributed by atoms with Gasteiger partial charge < -0.3 is 20.3 Å². The fourth-order valence-electron chi connectivity index (χ4n) is 3.66. The standard InChI is InChI=1S/C16H24N4O3/c21-15(22)11-4-6-12(7-5-11)19-16(23)20-10-2-1-3-13(20)14-17-8-9-18-14/h8-9,11-13H,1-7,10H2,(H,17,18)(H,19,23)(H,21,22)/t11?,12?,13-/m1/s1. The number of amides is 2. The third kappa shape index (κ3) is 3.65. The average Bonchev–Trinajstić information content (AvgIpc) is 3.09. The van der Waals surface area contributed by atoms with Gasteiger partial charge in [-0.3, -0.25) is 4.79 Å². The van der Waals surface area contributed by atoms with E-state index in [0.717, 1.165) is 44.5 Å². The molecule has 0 unspecified atom stereocenters. The summed E-state index contributed by atoms with van der Waals surface area (Å²) in [7, 11) is 0. The zero-order valence-corrected chi connectivity index (χ0v) is 13.2. The van der Waals surface area contributed by atoms with Crippen LogP contribution in [0.2, 0.25) is 0 Å². The summed E-state index contributed by atoms with van der Waals surface area (Å²) in [6.07, 6.45) is 9.29. The number of nitrogens with zero attached hydrogens (tertiary/aromatic N) is 2. The van der Waals surface area contributed by atoms with Gasteiger partial charge in [0.1, 0.15) is 5.82 Å². The molecule has 7 nitrogen and oxygen atoms in total. The van der Waals surface area contributed by atoms with E-state index in [1.807, 2.05) is 4.90 Å². The van der Waals surface area contributed by atoms with Crippen molar-refractivity contribution >= 4 is 12.0 Å². The van der Waals surface area contributed by atoms with E-state index in [1.54, 1.807) is 12.4 Å². The molecule has 3 rings (SSSR count). The number of carbonyl (C=O) groups excluding carboxylic acids is 1. The van der Waals surface area contributed by atoms with E-state index in [9.17, 15) is 9.59 Å². The molecule has 2 fully saturated rings. The van der Waals surface area contributed by atoms with Crippen LogP contribution in [0.5, 0.6) is 0 Å². The highest BCUT2D eigenvalue weighted by molar-refractivity contribution is 5.75. The molecule has 0 spiro atoms. The van der Waals surface area contributed by atoms with Crippen LogP contribution in [0, 0.1) is 5.92 Å². The topological polar surface area (TPSA) is 98.3 Å². The van der Waals surface area contributed by atoms with Crippen molar-refractivity contribution in [2.24, 2.45) is 5.92 Å². The number of carbonyl (C=O) groups is 2. The Bertz CT molecular complexity index is 538. The summed E-state index contributed by atoms with van der Waals surface area (Å²) in [6.45, 7) is 0.738. The molecule has 0 aromatic carbocycles. The first kappa shape index (κ1) is 15.8. The number of carboxylic acid groups (broad SMARTS) is 1. The predicted octanol–water partition coefficient (Wildman–Crippen LogP) is 2.29. The Labute approximate surface area is 135 Å². The third-order valence-corrected chi connectivity index (χ3v) is 5.00.